The largest absolute Gasteiger partial charge is 0.478 e. The minimum absolute atomic E-state index is 0.000741. The lowest BCUT2D eigenvalue weighted by atomic mass is 10.1. The Labute approximate surface area is 105 Å². The molecular weight excluding hydrogens is 228 g/mol. The van der Waals surface area contributed by atoms with Crippen LogP contribution in [0.25, 0.3) is 0 Å². The van der Waals surface area contributed by atoms with Gasteiger partial charge in [0.2, 0.25) is 0 Å². The van der Waals surface area contributed by atoms with E-state index < -0.39 is 5.97 Å². The van der Waals surface area contributed by atoms with Gasteiger partial charge in [0.1, 0.15) is 0 Å². The predicted octanol–water partition coefficient (Wildman–Crippen LogP) is 2.95. The number of hydrogen-bond acceptors (Lipinski definition) is 3. The molecule has 4 nitrogen and oxygen atoms in total. The van der Waals surface area contributed by atoms with E-state index in [1.165, 1.54) is 0 Å². The van der Waals surface area contributed by atoms with Gasteiger partial charge < -0.3 is 10.4 Å². The first-order chi connectivity index (χ1) is 8.68. The minimum Gasteiger partial charge on any atom is -0.478 e. The van der Waals surface area contributed by atoms with E-state index in [0.29, 0.717) is 5.69 Å². The van der Waals surface area contributed by atoms with Gasteiger partial charge in [-0.2, -0.15) is 0 Å². The molecule has 0 fully saturated rings. The molecule has 1 aromatic carbocycles. The number of carboxylic acids is 1. The number of benzene rings is 1. The third kappa shape index (κ3) is 2.66. The first-order valence-electron chi connectivity index (χ1n) is 5.67. The van der Waals surface area contributed by atoms with Crippen molar-refractivity contribution in [1.82, 2.24) is 4.98 Å². The molecule has 0 aliphatic carbocycles. The van der Waals surface area contributed by atoms with Crippen molar-refractivity contribution in [2.75, 3.05) is 5.32 Å². The van der Waals surface area contributed by atoms with Gasteiger partial charge in [-0.25, -0.2) is 4.79 Å². The van der Waals surface area contributed by atoms with Crippen LogP contribution in [0.2, 0.25) is 0 Å². The fourth-order valence-corrected chi connectivity index (χ4v) is 1.74. The lowest BCUT2D eigenvalue weighted by Crippen LogP contribution is -2.10. The van der Waals surface area contributed by atoms with Crippen LogP contribution in [0.15, 0.2) is 48.8 Å². The van der Waals surface area contributed by atoms with Crippen LogP contribution in [0.1, 0.15) is 28.9 Å². The number of aromatic nitrogens is 1. The Hall–Kier alpha value is -2.36. The summed E-state index contributed by atoms with van der Waals surface area (Å²) in [5, 5.41) is 12.3. The molecule has 1 heterocycles. The van der Waals surface area contributed by atoms with Crippen molar-refractivity contribution in [3.8, 4) is 0 Å². The molecule has 0 saturated carbocycles. The van der Waals surface area contributed by atoms with Crippen molar-refractivity contribution in [1.29, 1.82) is 0 Å². The molecule has 2 N–H and O–H groups in total. The smallest absolute Gasteiger partial charge is 0.337 e. The summed E-state index contributed by atoms with van der Waals surface area (Å²) in [5.41, 5.74) is 1.90. The Morgan fingerprint density at radius 1 is 1.28 bits per heavy atom. The molecular formula is C14H14N2O2. The first kappa shape index (κ1) is 12.1. The number of hydrogen-bond donors (Lipinski definition) is 2. The standard InChI is InChI=1S/C14H14N2O2/c1-10(11-5-4-8-15-9-11)16-13-7-3-2-6-12(13)14(17)18/h2-10,16H,1H3,(H,17,18). The predicted molar refractivity (Wildman–Crippen MR) is 69.7 cm³/mol. The fourth-order valence-electron chi connectivity index (χ4n) is 1.74. The maximum Gasteiger partial charge on any atom is 0.337 e. The molecule has 1 atom stereocenters. The van der Waals surface area contributed by atoms with Crippen molar-refractivity contribution >= 4 is 11.7 Å². The summed E-state index contributed by atoms with van der Waals surface area (Å²) in [4.78, 5) is 15.1. The summed E-state index contributed by atoms with van der Waals surface area (Å²) in [7, 11) is 0. The molecule has 2 rings (SSSR count). The number of carboxylic acid groups (broad SMARTS) is 1. The molecule has 0 saturated heterocycles. The van der Waals surface area contributed by atoms with E-state index in [-0.39, 0.29) is 11.6 Å². The second kappa shape index (κ2) is 5.31. The molecule has 92 valence electrons. The van der Waals surface area contributed by atoms with E-state index in [1.807, 2.05) is 25.1 Å². The summed E-state index contributed by atoms with van der Waals surface area (Å²) in [6.45, 7) is 1.97. The van der Waals surface area contributed by atoms with Gasteiger partial charge in [0, 0.05) is 18.1 Å². The van der Waals surface area contributed by atoms with Crippen LogP contribution in [0.4, 0.5) is 5.69 Å². The Morgan fingerprint density at radius 3 is 2.72 bits per heavy atom. The SMILES string of the molecule is CC(Nc1ccccc1C(=O)O)c1cccnc1. The summed E-state index contributed by atoms with van der Waals surface area (Å²) < 4.78 is 0. The van der Waals surface area contributed by atoms with E-state index in [9.17, 15) is 4.79 Å². The van der Waals surface area contributed by atoms with Crippen LogP contribution in [0.3, 0.4) is 0 Å². The molecule has 0 bridgehead atoms. The third-order valence-corrected chi connectivity index (χ3v) is 2.71. The average molecular weight is 242 g/mol. The molecule has 0 radical (unpaired) electrons. The number of rotatable bonds is 4. The molecule has 0 spiro atoms. The Balaban J connectivity index is 2.22. The van der Waals surface area contributed by atoms with Crippen molar-refractivity contribution in [2.45, 2.75) is 13.0 Å². The van der Waals surface area contributed by atoms with Gasteiger partial charge in [0.15, 0.2) is 0 Å². The lowest BCUT2D eigenvalue weighted by Gasteiger charge is -2.16. The fraction of sp³-hybridized carbons (Fsp3) is 0.143. The van der Waals surface area contributed by atoms with E-state index in [2.05, 4.69) is 10.3 Å². The number of nitrogens with zero attached hydrogens (tertiary/aromatic N) is 1. The van der Waals surface area contributed by atoms with Crippen LogP contribution in [-0.2, 0) is 0 Å². The lowest BCUT2D eigenvalue weighted by molar-refractivity contribution is 0.0698. The van der Waals surface area contributed by atoms with Crippen molar-refractivity contribution < 1.29 is 9.90 Å². The number of pyridine rings is 1. The normalized spacial score (nSPS) is 11.8. The number of anilines is 1. The van der Waals surface area contributed by atoms with E-state index >= 15 is 0 Å². The zero-order valence-corrected chi connectivity index (χ0v) is 10.00. The summed E-state index contributed by atoms with van der Waals surface area (Å²) >= 11 is 0. The molecule has 18 heavy (non-hydrogen) atoms. The first-order valence-corrected chi connectivity index (χ1v) is 5.67. The summed E-state index contributed by atoms with van der Waals surface area (Å²) in [6.07, 6.45) is 3.47. The van der Waals surface area contributed by atoms with Crippen LogP contribution >= 0.6 is 0 Å². The molecule has 0 amide bonds. The monoisotopic (exact) mass is 242 g/mol. The van der Waals surface area contributed by atoms with Crippen LogP contribution in [0, 0.1) is 0 Å². The number of aromatic carboxylic acids is 1. The summed E-state index contributed by atoms with van der Waals surface area (Å²) in [5.74, 6) is -0.934. The highest BCUT2D eigenvalue weighted by Gasteiger charge is 2.11. The highest BCUT2D eigenvalue weighted by molar-refractivity contribution is 5.94. The average Bonchev–Trinajstić information content (AvgIpc) is 2.40. The quantitative estimate of drug-likeness (QED) is 0.865. The van der Waals surface area contributed by atoms with Crippen molar-refractivity contribution in [3.63, 3.8) is 0 Å². The molecule has 1 aromatic heterocycles. The number of para-hydroxylation sites is 1. The van der Waals surface area contributed by atoms with Crippen LogP contribution in [0.5, 0.6) is 0 Å². The highest BCUT2D eigenvalue weighted by atomic mass is 16.4. The van der Waals surface area contributed by atoms with Gasteiger partial charge >= 0.3 is 5.97 Å². The number of carbonyl (C=O) groups is 1. The van der Waals surface area contributed by atoms with Gasteiger partial charge in [0.05, 0.1) is 11.6 Å². The third-order valence-electron chi connectivity index (χ3n) is 2.71. The molecule has 1 unspecified atom stereocenters. The van der Waals surface area contributed by atoms with E-state index in [4.69, 9.17) is 5.11 Å². The molecule has 0 aliphatic rings. The second-order valence-electron chi connectivity index (χ2n) is 4.00. The van der Waals surface area contributed by atoms with Crippen molar-refractivity contribution in [3.05, 3.63) is 59.9 Å². The molecule has 4 heteroatoms. The Morgan fingerprint density at radius 2 is 2.06 bits per heavy atom. The van der Waals surface area contributed by atoms with E-state index in [1.54, 1.807) is 30.6 Å². The topological polar surface area (TPSA) is 62.2 Å². The molecule has 2 aromatic rings. The highest BCUT2D eigenvalue weighted by Crippen LogP contribution is 2.21. The number of nitrogens with one attached hydrogen (secondary N) is 1. The van der Waals surface area contributed by atoms with Crippen LogP contribution in [-0.4, -0.2) is 16.1 Å². The Bertz CT molecular complexity index is 541. The van der Waals surface area contributed by atoms with Crippen LogP contribution < -0.4 is 5.32 Å². The van der Waals surface area contributed by atoms with E-state index in [0.717, 1.165) is 5.56 Å². The maximum absolute atomic E-state index is 11.1. The van der Waals surface area contributed by atoms with Gasteiger partial charge in [-0.05, 0) is 30.7 Å². The zero-order chi connectivity index (χ0) is 13.0. The van der Waals surface area contributed by atoms with Crippen molar-refractivity contribution in [2.24, 2.45) is 0 Å². The van der Waals surface area contributed by atoms with Gasteiger partial charge in [0.25, 0.3) is 0 Å². The minimum atomic E-state index is -0.934. The zero-order valence-electron chi connectivity index (χ0n) is 10.00. The van der Waals surface area contributed by atoms with Gasteiger partial charge in [-0.15, -0.1) is 0 Å². The van der Waals surface area contributed by atoms with Gasteiger partial charge in [-0.1, -0.05) is 18.2 Å². The molecule has 0 aliphatic heterocycles. The maximum atomic E-state index is 11.1. The Kier molecular flexibility index (Phi) is 3.57. The second-order valence-corrected chi connectivity index (χ2v) is 4.00. The summed E-state index contributed by atoms with van der Waals surface area (Å²) in [6, 6.07) is 10.7. The van der Waals surface area contributed by atoms with Gasteiger partial charge in [-0.3, -0.25) is 4.98 Å².